The Morgan fingerprint density at radius 2 is 2.27 bits per heavy atom. The number of thiophene rings is 1. The molecule has 1 aromatic rings. The normalized spacial score (nSPS) is 16.0. The zero-order valence-corrected chi connectivity index (χ0v) is 9.00. The molecule has 1 aliphatic rings. The molecular formula is C10H12N2O2S. The summed E-state index contributed by atoms with van der Waals surface area (Å²) < 4.78 is 0. The van der Waals surface area contributed by atoms with Gasteiger partial charge in [0.2, 0.25) is 0 Å². The Kier molecular flexibility index (Phi) is 3.13. The van der Waals surface area contributed by atoms with Crippen molar-refractivity contribution in [3.8, 4) is 0 Å². The molecule has 0 saturated carbocycles. The average molecular weight is 224 g/mol. The van der Waals surface area contributed by atoms with Crippen LogP contribution in [0.2, 0.25) is 0 Å². The van der Waals surface area contributed by atoms with Gasteiger partial charge in [-0.05, 0) is 18.4 Å². The number of hydrogen-bond acceptors (Lipinski definition) is 4. The molecule has 0 spiro atoms. The summed E-state index contributed by atoms with van der Waals surface area (Å²) in [6, 6.07) is 2.14. The first-order valence-electron chi connectivity index (χ1n) is 4.86. The van der Waals surface area contributed by atoms with E-state index in [1.807, 2.05) is 5.38 Å². The molecule has 1 aromatic heterocycles. The molecule has 2 rings (SSSR count). The van der Waals surface area contributed by atoms with Crippen LogP contribution in [0.1, 0.15) is 18.4 Å². The second-order valence-corrected chi connectivity index (χ2v) is 4.46. The Balaban J connectivity index is 1.85. The number of rotatable bonds is 4. The molecule has 15 heavy (non-hydrogen) atoms. The van der Waals surface area contributed by atoms with E-state index in [0.29, 0.717) is 6.04 Å². The fraction of sp³-hybridized carbons (Fsp3) is 0.400. The lowest BCUT2D eigenvalue weighted by atomic mass is 10.2. The molecule has 80 valence electrons. The molecule has 0 bridgehead atoms. The molecule has 0 aromatic carbocycles. The van der Waals surface area contributed by atoms with Crippen molar-refractivity contribution >= 4 is 16.3 Å². The Morgan fingerprint density at radius 1 is 1.53 bits per heavy atom. The van der Waals surface area contributed by atoms with Gasteiger partial charge < -0.3 is 5.32 Å². The minimum absolute atomic E-state index is 0.219. The average Bonchev–Trinajstić information content (AvgIpc) is 2.86. The van der Waals surface area contributed by atoms with E-state index < -0.39 is 0 Å². The predicted octanol–water partition coefficient (Wildman–Crippen LogP) is 2.46. The predicted molar refractivity (Wildman–Crippen MR) is 60.0 cm³/mol. The van der Waals surface area contributed by atoms with E-state index in [2.05, 4.69) is 17.5 Å². The highest BCUT2D eigenvalue weighted by atomic mass is 32.1. The number of nitrogens with one attached hydrogen (secondary N) is 1. The van der Waals surface area contributed by atoms with E-state index in [4.69, 9.17) is 0 Å². The molecule has 0 radical (unpaired) electrons. The van der Waals surface area contributed by atoms with Gasteiger partial charge in [0.1, 0.15) is 0 Å². The third-order valence-electron chi connectivity index (χ3n) is 2.42. The lowest BCUT2D eigenvalue weighted by molar-refractivity contribution is -0.380. The van der Waals surface area contributed by atoms with Gasteiger partial charge in [0.05, 0.1) is 4.92 Å². The van der Waals surface area contributed by atoms with Crippen molar-refractivity contribution in [2.45, 2.75) is 25.4 Å². The lowest BCUT2D eigenvalue weighted by Crippen LogP contribution is -2.25. The fourth-order valence-electron chi connectivity index (χ4n) is 1.60. The molecule has 0 fully saturated rings. The van der Waals surface area contributed by atoms with E-state index in [9.17, 15) is 10.1 Å². The number of nitro groups is 1. The quantitative estimate of drug-likeness (QED) is 0.485. The van der Waals surface area contributed by atoms with Crippen molar-refractivity contribution in [1.82, 2.24) is 5.32 Å². The largest absolute Gasteiger partial charge is 0.324 e. The molecule has 5 heteroatoms. The highest BCUT2D eigenvalue weighted by Gasteiger charge is 2.12. The topological polar surface area (TPSA) is 55.2 Å². The summed E-state index contributed by atoms with van der Waals surface area (Å²) in [5.41, 5.74) is 0.999. The van der Waals surface area contributed by atoms with Crippen molar-refractivity contribution in [1.29, 1.82) is 0 Å². The van der Waals surface area contributed by atoms with Gasteiger partial charge in [0.25, 0.3) is 0 Å². The zero-order chi connectivity index (χ0) is 10.7. The van der Waals surface area contributed by atoms with Crippen LogP contribution in [0.25, 0.3) is 0 Å². The summed E-state index contributed by atoms with van der Waals surface area (Å²) in [4.78, 5) is 10.1. The SMILES string of the molecule is O=[N+]([O-])c1cc(CNC2CC=CC2)cs1. The van der Waals surface area contributed by atoms with Gasteiger partial charge in [-0.25, -0.2) is 0 Å². The summed E-state index contributed by atoms with van der Waals surface area (Å²) in [5.74, 6) is 0. The second kappa shape index (κ2) is 4.55. The molecule has 1 heterocycles. The van der Waals surface area contributed by atoms with Gasteiger partial charge in [-0.3, -0.25) is 10.1 Å². The van der Waals surface area contributed by atoms with Crippen molar-refractivity contribution < 1.29 is 4.92 Å². The van der Waals surface area contributed by atoms with Crippen LogP contribution >= 0.6 is 11.3 Å². The molecule has 1 N–H and O–H groups in total. The smallest absolute Gasteiger partial charge is 0.309 e. The molecule has 0 aliphatic heterocycles. The van der Waals surface area contributed by atoms with Crippen LogP contribution in [0.4, 0.5) is 5.00 Å². The highest BCUT2D eigenvalue weighted by Crippen LogP contribution is 2.22. The third-order valence-corrected chi connectivity index (χ3v) is 3.35. The maximum absolute atomic E-state index is 10.5. The number of nitrogens with zero attached hydrogens (tertiary/aromatic N) is 1. The summed E-state index contributed by atoms with van der Waals surface area (Å²) in [7, 11) is 0. The Bertz CT molecular complexity index is 379. The van der Waals surface area contributed by atoms with E-state index in [-0.39, 0.29) is 9.92 Å². The molecule has 0 atom stereocenters. The molecule has 1 aliphatic carbocycles. The Hall–Kier alpha value is -1.20. The van der Waals surface area contributed by atoms with Crippen LogP contribution < -0.4 is 5.32 Å². The Morgan fingerprint density at radius 3 is 2.87 bits per heavy atom. The van der Waals surface area contributed by atoms with Crippen LogP contribution in [0.5, 0.6) is 0 Å². The third kappa shape index (κ3) is 2.64. The summed E-state index contributed by atoms with van der Waals surface area (Å²) in [6.45, 7) is 0.719. The van der Waals surface area contributed by atoms with Gasteiger partial charge in [0, 0.05) is 24.0 Å². The van der Waals surface area contributed by atoms with Crippen LogP contribution in [0, 0.1) is 10.1 Å². The van der Waals surface area contributed by atoms with Crippen LogP contribution in [-0.4, -0.2) is 11.0 Å². The maximum Gasteiger partial charge on any atom is 0.324 e. The van der Waals surface area contributed by atoms with E-state index >= 15 is 0 Å². The van der Waals surface area contributed by atoms with E-state index in [1.165, 1.54) is 11.3 Å². The van der Waals surface area contributed by atoms with Crippen molar-refractivity contribution in [3.05, 3.63) is 39.3 Å². The van der Waals surface area contributed by atoms with Crippen LogP contribution in [-0.2, 0) is 6.54 Å². The minimum Gasteiger partial charge on any atom is -0.309 e. The summed E-state index contributed by atoms with van der Waals surface area (Å²) in [5, 5.41) is 15.9. The fourth-order valence-corrected chi connectivity index (χ4v) is 2.33. The monoisotopic (exact) mass is 224 g/mol. The molecule has 0 saturated heterocycles. The van der Waals surface area contributed by atoms with Gasteiger partial charge in [-0.2, -0.15) is 0 Å². The first-order valence-corrected chi connectivity index (χ1v) is 5.74. The van der Waals surface area contributed by atoms with Crippen molar-refractivity contribution in [2.75, 3.05) is 0 Å². The maximum atomic E-state index is 10.5. The minimum atomic E-state index is -0.342. The summed E-state index contributed by atoms with van der Waals surface area (Å²) in [6.07, 6.45) is 6.44. The second-order valence-electron chi connectivity index (χ2n) is 3.57. The number of hydrogen-bond donors (Lipinski definition) is 1. The lowest BCUT2D eigenvalue weighted by Gasteiger charge is -2.10. The van der Waals surface area contributed by atoms with Gasteiger partial charge in [0.15, 0.2) is 0 Å². The zero-order valence-electron chi connectivity index (χ0n) is 8.18. The molecule has 0 amide bonds. The molecule has 4 nitrogen and oxygen atoms in total. The summed E-state index contributed by atoms with van der Waals surface area (Å²) >= 11 is 1.19. The molecule has 0 unspecified atom stereocenters. The van der Waals surface area contributed by atoms with E-state index in [0.717, 1.165) is 24.9 Å². The first-order chi connectivity index (χ1) is 7.25. The highest BCUT2D eigenvalue weighted by molar-refractivity contribution is 7.13. The van der Waals surface area contributed by atoms with Crippen LogP contribution in [0.15, 0.2) is 23.6 Å². The Labute approximate surface area is 91.8 Å². The first kappa shape index (κ1) is 10.3. The standard InChI is InChI=1S/C10H12N2O2S/c13-12(14)10-5-8(7-15-10)6-11-9-3-1-2-4-9/h1-2,5,7,9,11H,3-4,6H2. The van der Waals surface area contributed by atoms with Crippen molar-refractivity contribution in [2.24, 2.45) is 0 Å². The van der Waals surface area contributed by atoms with Gasteiger partial charge >= 0.3 is 5.00 Å². The molecular weight excluding hydrogens is 212 g/mol. The van der Waals surface area contributed by atoms with Gasteiger partial charge in [-0.15, -0.1) is 0 Å². The van der Waals surface area contributed by atoms with E-state index in [1.54, 1.807) is 6.07 Å². The van der Waals surface area contributed by atoms with Gasteiger partial charge in [-0.1, -0.05) is 23.5 Å². The van der Waals surface area contributed by atoms with Crippen LogP contribution in [0.3, 0.4) is 0 Å². The van der Waals surface area contributed by atoms with Crippen molar-refractivity contribution in [3.63, 3.8) is 0 Å².